The summed E-state index contributed by atoms with van der Waals surface area (Å²) >= 11 is 0. The summed E-state index contributed by atoms with van der Waals surface area (Å²) in [5, 5.41) is 0. The van der Waals surface area contributed by atoms with Crippen LogP contribution in [-0.4, -0.2) is 4.98 Å². The van der Waals surface area contributed by atoms with E-state index in [1.165, 1.54) is 5.56 Å². The summed E-state index contributed by atoms with van der Waals surface area (Å²) in [7, 11) is 0. The summed E-state index contributed by atoms with van der Waals surface area (Å²) in [5.74, 6) is 0. The van der Waals surface area contributed by atoms with Gasteiger partial charge in [0.15, 0.2) is 0 Å². The summed E-state index contributed by atoms with van der Waals surface area (Å²) in [4.78, 5) is 4.14. The Bertz CT molecular complexity index is 376. The Morgan fingerprint density at radius 3 is 2.23 bits per heavy atom. The van der Waals surface area contributed by atoms with E-state index in [1.54, 1.807) is 0 Å². The molecule has 0 saturated heterocycles. The number of hydrogen-bond donors (Lipinski definition) is 0. The molecule has 2 aromatic rings. The highest BCUT2D eigenvalue weighted by Gasteiger charge is 1.94. The number of pyridine rings is 1. The van der Waals surface area contributed by atoms with Crippen LogP contribution in [-0.2, 0) is 0 Å². The van der Waals surface area contributed by atoms with Gasteiger partial charge in [0.2, 0.25) is 0 Å². The van der Waals surface area contributed by atoms with Crippen LogP contribution in [0.25, 0.3) is 11.1 Å². The molecule has 1 aromatic carbocycles. The van der Waals surface area contributed by atoms with E-state index in [-0.39, 0.29) is 0 Å². The van der Waals surface area contributed by atoms with E-state index in [9.17, 15) is 0 Å². The second kappa shape index (κ2) is 3.40. The zero-order chi connectivity index (χ0) is 9.10. The van der Waals surface area contributed by atoms with Gasteiger partial charge in [-0.1, -0.05) is 36.4 Å². The minimum atomic E-state index is 0.805. The van der Waals surface area contributed by atoms with Gasteiger partial charge in [-0.2, -0.15) is 0 Å². The SMILES string of the molecule is [CH2]c1ccc(-c2ccccc2)cn1. The Labute approximate surface area is 78.1 Å². The molecule has 0 N–H and O–H groups in total. The molecule has 2 rings (SSSR count). The molecule has 0 amide bonds. The van der Waals surface area contributed by atoms with E-state index in [0.717, 1.165) is 11.3 Å². The fourth-order valence-corrected chi connectivity index (χ4v) is 1.23. The fourth-order valence-electron chi connectivity index (χ4n) is 1.23. The second-order valence-corrected chi connectivity index (χ2v) is 2.90. The number of aromatic nitrogens is 1. The molecule has 1 nitrogen and oxygen atoms in total. The molecule has 0 saturated carbocycles. The molecule has 63 valence electrons. The van der Waals surface area contributed by atoms with Crippen LogP contribution in [0.3, 0.4) is 0 Å². The van der Waals surface area contributed by atoms with E-state index >= 15 is 0 Å². The van der Waals surface area contributed by atoms with Crippen molar-refractivity contribution in [2.75, 3.05) is 0 Å². The Morgan fingerprint density at radius 2 is 1.62 bits per heavy atom. The maximum Gasteiger partial charge on any atom is 0.0407 e. The van der Waals surface area contributed by atoms with Crippen molar-refractivity contribution < 1.29 is 0 Å². The Morgan fingerprint density at radius 1 is 0.846 bits per heavy atom. The van der Waals surface area contributed by atoms with Crippen molar-refractivity contribution >= 4 is 0 Å². The summed E-state index contributed by atoms with van der Waals surface area (Å²) in [6.07, 6.45) is 1.84. The first-order valence-corrected chi connectivity index (χ1v) is 4.20. The lowest BCUT2D eigenvalue weighted by atomic mass is 10.1. The lowest BCUT2D eigenvalue weighted by Gasteiger charge is -1.99. The highest BCUT2D eigenvalue weighted by Crippen LogP contribution is 2.17. The van der Waals surface area contributed by atoms with Crippen LogP contribution >= 0.6 is 0 Å². The number of hydrogen-bond acceptors (Lipinski definition) is 1. The van der Waals surface area contributed by atoms with Crippen LogP contribution in [0, 0.1) is 6.92 Å². The van der Waals surface area contributed by atoms with Gasteiger partial charge >= 0.3 is 0 Å². The van der Waals surface area contributed by atoms with E-state index in [1.807, 2.05) is 36.5 Å². The number of benzene rings is 1. The molecule has 1 heteroatoms. The maximum atomic E-state index is 4.14. The van der Waals surface area contributed by atoms with Gasteiger partial charge < -0.3 is 0 Å². The normalized spacial score (nSPS) is 9.92. The molecule has 13 heavy (non-hydrogen) atoms. The van der Waals surface area contributed by atoms with E-state index in [0.29, 0.717) is 0 Å². The monoisotopic (exact) mass is 168 g/mol. The predicted octanol–water partition coefficient (Wildman–Crippen LogP) is 2.93. The Balaban J connectivity index is 2.42. The van der Waals surface area contributed by atoms with Crippen molar-refractivity contribution in [1.29, 1.82) is 0 Å². The molecule has 1 radical (unpaired) electrons. The third-order valence-corrected chi connectivity index (χ3v) is 1.93. The first-order chi connectivity index (χ1) is 6.36. The number of nitrogens with zero attached hydrogens (tertiary/aromatic N) is 1. The maximum absolute atomic E-state index is 4.14. The Hall–Kier alpha value is -1.63. The van der Waals surface area contributed by atoms with E-state index < -0.39 is 0 Å². The zero-order valence-electron chi connectivity index (χ0n) is 7.27. The second-order valence-electron chi connectivity index (χ2n) is 2.90. The summed E-state index contributed by atoms with van der Waals surface area (Å²) in [5.41, 5.74) is 3.13. The van der Waals surface area contributed by atoms with E-state index in [2.05, 4.69) is 24.0 Å². The topological polar surface area (TPSA) is 12.9 Å². The van der Waals surface area contributed by atoms with Crippen LogP contribution in [0.15, 0.2) is 48.7 Å². The van der Waals surface area contributed by atoms with Crippen molar-refractivity contribution in [2.45, 2.75) is 0 Å². The van der Waals surface area contributed by atoms with Gasteiger partial charge in [-0.05, 0) is 18.6 Å². The zero-order valence-corrected chi connectivity index (χ0v) is 7.27. The van der Waals surface area contributed by atoms with Gasteiger partial charge in [-0.3, -0.25) is 4.98 Å². The molecule has 0 fully saturated rings. The minimum absolute atomic E-state index is 0.805. The van der Waals surface area contributed by atoms with Crippen LogP contribution in [0.2, 0.25) is 0 Å². The molecule has 0 aliphatic carbocycles. The highest BCUT2D eigenvalue weighted by molar-refractivity contribution is 5.62. The molecule has 1 heterocycles. The predicted molar refractivity (Wildman–Crippen MR) is 54.1 cm³/mol. The first kappa shape index (κ1) is 7.99. The molecule has 1 aromatic heterocycles. The quantitative estimate of drug-likeness (QED) is 0.638. The van der Waals surface area contributed by atoms with Gasteiger partial charge in [0.25, 0.3) is 0 Å². The highest BCUT2D eigenvalue weighted by atomic mass is 14.7. The smallest absolute Gasteiger partial charge is 0.0407 e. The summed E-state index contributed by atoms with van der Waals surface area (Å²) < 4.78 is 0. The van der Waals surface area contributed by atoms with Crippen molar-refractivity contribution in [3.05, 3.63) is 61.3 Å². The fraction of sp³-hybridized carbons (Fsp3) is 0. The van der Waals surface area contributed by atoms with Crippen LogP contribution in [0.5, 0.6) is 0 Å². The van der Waals surface area contributed by atoms with E-state index in [4.69, 9.17) is 0 Å². The Kier molecular flexibility index (Phi) is 2.09. The van der Waals surface area contributed by atoms with Gasteiger partial charge in [-0.15, -0.1) is 0 Å². The molecule has 0 atom stereocenters. The largest absolute Gasteiger partial charge is 0.261 e. The average Bonchev–Trinajstić information content (AvgIpc) is 2.20. The summed E-state index contributed by atoms with van der Waals surface area (Å²) in [6, 6.07) is 14.1. The van der Waals surface area contributed by atoms with Crippen LogP contribution < -0.4 is 0 Å². The van der Waals surface area contributed by atoms with Gasteiger partial charge in [-0.25, -0.2) is 0 Å². The molecular weight excluding hydrogens is 158 g/mol. The molecule has 0 bridgehead atoms. The molecule has 0 spiro atoms. The van der Waals surface area contributed by atoms with Gasteiger partial charge in [0, 0.05) is 17.5 Å². The molecule has 0 aliphatic rings. The lowest BCUT2D eigenvalue weighted by Crippen LogP contribution is -1.81. The average molecular weight is 168 g/mol. The number of rotatable bonds is 1. The minimum Gasteiger partial charge on any atom is -0.261 e. The molecule has 0 aliphatic heterocycles. The van der Waals surface area contributed by atoms with Crippen molar-refractivity contribution in [3.8, 4) is 11.1 Å². The van der Waals surface area contributed by atoms with Gasteiger partial charge in [0.1, 0.15) is 0 Å². The van der Waals surface area contributed by atoms with Crippen molar-refractivity contribution in [3.63, 3.8) is 0 Å². The van der Waals surface area contributed by atoms with Gasteiger partial charge in [0.05, 0.1) is 0 Å². The third kappa shape index (κ3) is 1.75. The van der Waals surface area contributed by atoms with Crippen molar-refractivity contribution in [1.82, 2.24) is 4.98 Å². The first-order valence-electron chi connectivity index (χ1n) is 4.20. The van der Waals surface area contributed by atoms with Crippen LogP contribution in [0.4, 0.5) is 0 Å². The van der Waals surface area contributed by atoms with Crippen LogP contribution in [0.1, 0.15) is 5.69 Å². The standard InChI is InChI=1S/C12H10N/c1-10-7-8-12(9-13-10)11-5-3-2-4-6-11/h2-9H,1H2. The molecular formula is C12H10N. The lowest BCUT2D eigenvalue weighted by molar-refractivity contribution is 1.27. The molecule has 0 unspecified atom stereocenters. The third-order valence-electron chi connectivity index (χ3n) is 1.93. The van der Waals surface area contributed by atoms with Crippen molar-refractivity contribution in [2.24, 2.45) is 0 Å². The summed E-state index contributed by atoms with van der Waals surface area (Å²) in [6.45, 7) is 3.74.